The van der Waals surface area contributed by atoms with Gasteiger partial charge in [0.15, 0.2) is 5.13 Å². The lowest BCUT2D eigenvalue weighted by Crippen LogP contribution is -2.35. The summed E-state index contributed by atoms with van der Waals surface area (Å²) >= 11 is 0.671. The molecule has 0 spiro atoms. The SMILES string of the molecule is NC(=O)CCC1CCCN(c2ncc(C(F)(F)F)s2)C1. The van der Waals surface area contributed by atoms with Crippen molar-refractivity contribution < 1.29 is 18.0 Å². The minimum absolute atomic E-state index is 0.287. The number of nitrogens with zero attached hydrogens (tertiary/aromatic N) is 2. The van der Waals surface area contributed by atoms with Gasteiger partial charge >= 0.3 is 6.18 Å². The van der Waals surface area contributed by atoms with Gasteiger partial charge in [-0.05, 0) is 25.2 Å². The van der Waals surface area contributed by atoms with Crippen LogP contribution in [0.2, 0.25) is 0 Å². The summed E-state index contributed by atoms with van der Waals surface area (Å²) in [5.41, 5.74) is 5.12. The van der Waals surface area contributed by atoms with Crippen molar-refractivity contribution in [1.29, 1.82) is 0 Å². The lowest BCUT2D eigenvalue weighted by atomic mass is 9.93. The smallest absolute Gasteiger partial charge is 0.370 e. The topological polar surface area (TPSA) is 59.2 Å². The van der Waals surface area contributed by atoms with Gasteiger partial charge < -0.3 is 10.6 Å². The van der Waals surface area contributed by atoms with Crippen LogP contribution in [0.1, 0.15) is 30.6 Å². The highest BCUT2D eigenvalue weighted by Crippen LogP contribution is 2.37. The Morgan fingerprint density at radius 1 is 1.55 bits per heavy atom. The molecule has 0 aromatic carbocycles. The van der Waals surface area contributed by atoms with E-state index in [1.165, 1.54) is 0 Å². The van der Waals surface area contributed by atoms with Crippen LogP contribution in [0.25, 0.3) is 0 Å². The average Bonchev–Trinajstić information content (AvgIpc) is 2.86. The van der Waals surface area contributed by atoms with Crippen LogP contribution in [-0.2, 0) is 11.0 Å². The Bertz CT molecular complexity index is 475. The number of amides is 1. The third-order valence-corrected chi connectivity index (χ3v) is 4.46. The molecule has 1 aromatic heterocycles. The van der Waals surface area contributed by atoms with Crippen molar-refractivity contribution >= 4 is 22.4 Å². The zero-order chi connectivity index (χ0) is 14.8. The number of piperidine rings is 1. The quantitative estimate of drug-likeness (QED) is 0.930. The molecule has 1 aromatic rings. The number of rotatable bonds is 4. The maximum absolute atomic E-state index is 12.6. The van der Waals surface area contributed by atoms with Crippen molar-refractivity contribution in [2.24, 2.45) is 11.7 Å². The molecule has 1 unspecified atom stereocenters. The molecular weight excluding hydrogens is 291 g/mol. The summed E-state index contributed by atoms with van der Waals surface area (Å²) in [6.45, 7) is 1.34. The first-order valence-corrected chi connectivity index (χ1v) is 7.24. The third-order valence-electron chi connectivity index (χ3n) is 3.36. The summed E-state index contributed by atoms with van der Waals surface area (Å²) in [6.07, 6.45) is -0.580. The highest BCUT2D eigenvalue weighted by Gasteiger charge is 2.34. The van der Waals surface area contributed by atoms with Crippen LogP contribution >= 0.6 is 11.3 Å². The fraction of sp³-hybridized carbons (Fsp3) is 0.667. The zero-order valence-corrected chi connectivity index (χ0v) is 11.6. The molecule has 112 valence electrons. The number of hydrogen-bond donors (Lipinski definition) is 1. The Morgan fingerprint density at radius 2 is 2.30 bits per heavy atom. The Morgan fingerprint density at radius 3 is 2.90 bits per heavy atom. The first-order valence-electron chi connectivity index (χ1n) is 6.42. The van der Waals surface area contributed by atoms with E-state index in [1.54, 1.807) is 0 Å². The maximum Gasteiger partial charge on any atom is 0.427 e. The number of carbonyl (C=O) groups excluding carboxylic acids is 1. The van der Waals surface area contributed by atoms with E-state index in [0.717, 1.165) is 19.0 Å². The number of alkyl halides is 3. The van der Waals surface area contributed by atoms with Crippen molar-refractivity contribution in [1.82, 2.24) is 4.98 Å². The predicted molar refractivity (Wildman–Crippen MR) is 70.5 cm³/mol. The van der Waals surface area contributed by atoms with Gasteiger partial charge in [-0.1, -0.05) is 11.3 Å². The fourth-order valence-corrected chi connectivity index (χ4v) is 3.18. The zero-order valence-electron chi connectivity index (χ0n) is 10.8. The van der Waals surface area contributed by atoms with E-state index in [4.69, 9.17) is 5.73 Å². The fourth-order valence-electron chi connectivity index (χ4n) is 2.36. The molecule has 1 saturated heterocycles. The predicted octanol–water partition coefficient (Wildman–Crippen LogP) is 2.64. The molecule has 2 rings (SSSR count). The number of carbonyl (C=O) groups is 1. The highest BCUT2D eigenvalue weighted by molar-refractivity contribution is 7.15. The van der Waals surface area contributed by atoms with Crippen LogP contribution < -0.4 is 10.6 Å². The van der Waals surface area contributed by atoms with E-state index >= 15 is 0 Å². The molecule has 1 aliphatic rings. The van der Waals surface area contributed by atoms with Crippen LogP contribution in [0.3, 0.4) is 0 Å². The van der Waals surface area contributed by atoms with Crippen LogP contribution in [0.4, 0.5) is 18.3 Å². The molecule has 20 heavy (non-hydrogen) atoms. The van der Waals surface area contributed by atoms with Gasteiger partial charge in [-0.15, -0.1) is 0 Å². The van der Waals surface area contributed by atoms with Gasteiger partial charge in [0.25, 0.3) is 0 Å². The van der Waals surface area contributed by atoms with E-state index in [-0.39, 0.29) is 11.8 Å². The number of anilines is 1. The van der Waals surface area contributed by atoms with Crippen LogP contribution in [0, 0.1) is 5.92 Å². The van der Waals surface area contributed by atoms with Gasteiger partial charge in [-0.3, -0.25) is 4.79 Å². The van der Waals surface area contributed by atoms with Gasteiger partial charge in [-0.2, -0.15) is 13.2 Å². The Hall–Kier alpha value is -1.31. The monoisotopic (exact) mass is 307 g/mol. The van der Waals surface area contributed by atoms with Gasteiger partial charge in [0.1, 0.15) is 4.88 Å². The summed E-state index contributed by atoms with van der Waals surface area (Å²) < 4.78 is 37.7. The number of aromatic nitrogens is 1. The van der Waals surface area contributed by atoms with Gasteiger partial charge in [-0.25, -0.2) is 4.98 Å². The van der Waals surface area contributed by atoms with Crippen molar-refractivity contribution in [3.05, 3.63) is 11.1 Å². The minimum atomic E-state index is -4.34. The molecule has 0 radical (unpaired) electrons. The summed E-state index contributed by atoms with van der Waals surface area (Å²) in [5, 5.41) is 0.404. The largest absolute Gasteiger partial charge is 0.427 e. The third kappa shape index (κ3) is 3.84. The summed E-state index contributed by atoms with van der Waals surface area (Å²) in [6, 6.07) is 0. The lowest BCUT2D eigenvalue weighted by molar-refractivity contribution is -0.134. The van der Waals surface area contributed by atoms with Gasteiger partial charge in [0, 0.05) is 19.5 Å². The maximum atomic E-state index is 12.6. The van der Waals surface area contributed by atoms with Crippen LogP contribution in [-0.4, -0.2) is 24.0 Å². The molecule has 0 saturated carbocycles. The van der Waals surface area contributed by atoms with E-state index in [9.17, 15) is 18.0 Å². The molecule has 0 bridgehead atoms. The minimum Gasteiger partial charge on any atom is -0.370 e. The summed E-state index contributed by atoms with van der Waals surface area (Å²) in [7, 11) is 0. The second-order valence-corrected chi connectivity index (χ2v) is 5.97. The molecule has 2 heterocycles. The number of hydrogen-bond acceptors (Lipinski definition) is 4. The number of primary amides is 1. The van der Waals surface area contributed by atoms with Crippen molar-refractivity contribution in [2.45, 2.75) is 31.9 Å². The average molecular weight is 307 g/mol. The van der Waals surface area contributed by atoms with Gasteiger partial charge in [0.05, 0.1) is 6.20 Å². The molecule has 1 fully saturated rings. The standard InChI is InChI=1S/C12H16F3N3OS/c13-12(14,15)9-6-17-11(20-9)18-5-1-2-8(7-18)3-4-10(16)19/h6,8H,1-5,7H2,(H2,16,19). The second-order valence-electron chi connectivity index (χ2n) is 4.96. The van der Waals surface area contributed by atoms with E-state index in [1.807, 2.05) is 4.90 Å². The Balaban J connectivity index is 1.98. The normalized spacial score (nSPS) is 20.1. The molecule has 1 atom stereocenters. The van der Waals surface area contributed by atoms with Crippen LogP contribution in [0.5, 0.6) is 0 Å². The lowest BCUT2D eigenvalue weighted by Gasteiger charge is -2.32. The molecule has 2 N–H and O–H groups in total. The van der Waals surface area contributed by atoms with Crippen molar-refractivity contribution in [3.8, 4) is 0 Å². The molecular formula is C12H16F3N3OS. The van der Waals surface area contributed by atoms with Gasteiger partial charge in [0.2, 0.25) is 5.91 Å². The molecule has 0 aliphatic carbocycles. The Kier molecular flexibility index (Phi) is 4.52. The van der Waals surface area contributed by atoms with E-state index < -0.39 is 11.1 Å². The number of nitrogens with two attached hydrogens (primary N) is 1. The first kappa shape index (κ1) is 15.1. The van der Waals surface area contributed by atoms with E-state index in [0.29, 0.717) is 42.4 Å². The second kappa shape index (κ2) is 5.99. The Labute approximate surface area is 118 Å². The molecule has 4 nitrogen and oxygen atoms in total. The van der Waals surface area contributed by atoms with Crippen molar-refractivity contribution in [3.63, 3.8) is 0 Å². The first-order chi connectivity index (χ1) is 9.36. The van der Waals surface area contributed by atoms with E-state index in [2.05, 4.69) is 4.98 Å². The van der Waals surface area contributed by atoms with Crippen molar-refractivity contribution in [2.75, 3.05) is 18.0 Å². The molecule has 1 aliphatic heterocycles. The molecule has 1 amide bonds. The number of halogens is 3. The highest BCUT2D eigenvalue weighted by atomic mass is 32.1. The summed E-state index contributed by atoms with van der Waals surface area (Å²) in [4.78, 5) is 15.8. The summed E-state index contributed by atoms with van der Waals surface area (Å²) in [5.74, 6) is -0.0507. The van der Waals surface area contributed by atoms with Crippen LogP contribution in [0.15, 0.2) is 6.20 Å². The number of thiazole rings is 1. The molecule has 8 heteroatoms.